The van der Waals surface area contributed by atoms with E-state index in [0.717, 1.165) is 0 Å². The molecule has 0 unspecified atom stereocenters. The van der Waals surface area contributed by atoms with Gasteiger partial charge >= 0.3 is 0 Å². The SMILES string of the molecule is COc1ccc(/C=N\NC(=O)CCC(=O)Nc2ccc(F)cc2)cc1OC. The van der Waals surface area contributed by atoms with E-state index in [1.165, 1.54) is 44.7 Å². The van der Waals surface area contributed by atoms with Gasteiger partial charge in [-0.05, 0) is 48.0 Å². The van der Waals surface area contributed by atoms with Crippen LogP contribution in [0.5, 0.6) is 11.5 Å². The number of hydrazone groups is 1. The standard InChI is InChI=1S/C19H20FN3O4/c1-26-16-8-3-13(11-17(16)27-2)12-21-23-19(25)10-9-18(24)22-15-6-4-14(20)5-7-15/h3-8,11-12H,9-10H2,1-2H3,(H,22,24)(H,23,25)/b21-12-. The van der Waals surface area contributed by atoms with Crippen molar-refractivity contribution in [1.82, 2.24) is 5.43 Å². The lowest BCUT2D eigenvalue weighted by Gasteiger charge is -2.07. The largest absolute Gasteiger partial charge is 0.493 e. The summed E-state index contributed by atoms with van der Waals surface area (Å²) in [5.41, 5.74) is 3.53. The molecule has 142 valence electrons. The molecule has 2 amide bonds. The zero-order valence-electron chi connectivity index (χ0n) is 15.0. The Kier molecular flexibility index (Phi) is 7.30. The predicted octanol–water partition coefficient (Wildman–Crippen LogP) is 2.71. The fraction of sp³-hybridized carbons (Fsp3) is 0.211. The first-order chi connectivity index (χ1) is 13.0. The van der Waals surface area contributed by atoms with Crippen LogP contribution in [0.15, 0.2) is 47.6 Å². The molecule has 0 aliphatic carbocycles. The smallest absolute Gasteiger partial charge is 0.240 e. The van der Waals surface area contributed by atoms with Crippen molar-refractivity contribution < 1.29 is 23.5 Å². The third kappa shape index (κ3) is 6.43. The fourth-order valence-corrected chi connectivity index (χ4v) is 2.15. The van der Waals surface area contributed by atoms with Gasteiger partial charge in [0.25, 0.3) is 0 Å². The number of hydrogen-bond acceptors (Lipinski definition) is 5. The van der Waals surface area contributed by atoms with Crippen molar-refractivity contribution >= 4 is 23.7 Å². The van der Waals surface area contributed by atoms with E-state index in [4.69, 9.17) is 9.47 Å². The minimum absolute atomic E-state index is 0.0188. The molecule has 0 spiro atoms. The molecule has 2 N–H and O–H groups in total. The molecule has 0 saturated carbocycles. The molecule has 0 bridgehead atoms. The third-order valence-electron chi connectivity index (χ3n) is 3.52. The van der Waals surface area contributed by atoms with Crippen LogP contribution in [0.4, 0.5) is 10.1 Å². The third-order valence-corrected chi connectivity index (χ3v) is 3.52. The molecule has 0 aromatic heterocycles. The summed E-state index contributed by atoms with van der Waals surface area (Å²) in [5, 5.41) is 6.43. The number of nitrogens with zero attached hydrogens (tertiary/aromatic N) is 1. The summed E-state index contributed by atoms with van der Waals surface area (Å²) < 4.78 is 23.1. The van der Waals surface area contributed by atoms with E-state index in [9.17, 15) is 14.0 Å². The average molecular weight is 373 g/mol. The van der Waals surface area contributed by atoms with E-state index in [-0.39, 0.29) is 24.6 Å². The highest BCUT2D eigenvalue weighted by molar-refractivity contribution is 5.93. The van der Waals surface area contributed by atoms with Crippen molar-refractivity contribution in [3.8, 4) is 11.5 Å². The molecule has 8 heteroatoms. The van der Waals surface area contributed by atoms with Crippen molar-refractivity contribution in [1.29, 1.82) is 0 Å². The van der Waals surface area contributed by atoms with Gasteiger partial charge in [-0.25, -0.2) is 9.82 Å². The first-order valence-electron chi connectivity index (χ1n) is 8.11. The average Bonchev–Trinajstić information content (AvgIpc) is 2.68. The van der Waals surface area contributed by atoms with Crippen LogP contribution in [0, 0.1) is 5.82 Å². The fourth-order valence-electron chi connectivity index (χ4n) is 2.15. The molecule has 0 atom stereocenters. The van der Waals surface area contributed by atoms with Crippen LogP contribution in [-0.2, 0) is 9.59 Å². The summed E-state index contributed by atoms with van der Waals surface area (Å²) in [6, 6.07) is 10.6. The lowest BCUT2D eigenvalue weighted by Crippen LogP contribution is -2.20. The van der Waals surface area contributed by atoms with Gasteiger partial charge in [-0.1, -0.05) is 0 Å². The molecule has 2 aromatic rings. The number of rotatable bonds is 8. The number of methoxy groups -OCH3 is 2. The van der Waals surface area contributed by atoms with Gasteiger partial charge in [-0.2, -0.15) is 5.10 Å². The van der Waals surface area contributed by atoms with Crippen LogP contribution in [0.2, 0.25) is 0 Å². The zero-order chi connectivity index (χ0) is 19.6. The summed E-state index contributed by atoms with van der Waals surface area (Å²) in [5.74, 6) is -0.00239. The van der Waals surface area contributed by atoms with Crippen LogP contribution < -0.4 is 20.2 Å². The second kappa shape index (κ2) is 9.91. The minimum Gasteiger partial charge on any atom is -0.493 e. The number of halogens is 1. The van der Waals surface area contributed by atoms with E-state index in [0.29, 0.717) is 22.7 Å². The Bertz CT molecular complexity index is 822. The second-order valence-electron chi connectivity index (χ2n) is 5.46. The van der Waals surface area contributed by atoms with Crippen LogP contribution in [-0.4, -0.2) is 32.2 Å². The Hall–Kier alpha value is -3.42. The highest BCUT2D eigenvalue weighted by atomic mass is 19.1. The Balaban J connectivity index is 1.77. The van der Waals surface area contributed by atoms with E-state index in [1.807, 2.05) is 0 Å². The van der Waals surface area contributed by atoms with Gasteiger partial charge in [0.2, 0.25) is 11.8 Å². The number of carbonyl (C=O) groups is 2. The number of amides is 2. The maximum atomic E-state index is 12.8. The Morgan fingerprint density at radius 2 is 1.67 bits per heavy atom. The van der Waals surface area contributed by atoms with Gasteiger partial charge in [-0.15, -0.1) is 0 Å². The van der Waals surface area contributed by atoms with Gasteiger partial charge in [0.15, 0.2) is 11.5 Å². The molecule has 0 heterocycles. The topological polar surface area (TPSA) is 89.0 Å². The number of benzene rings is 2. The first-order valence-corrected chi connectivity index (χ1v) is 8.11. The number of carbonyl (C=O) groups excluding carboxylic acids is 2. The second-order valence-corrected chi connectivity index (χ2v) is 5.46. The highest BCUT2D eigenvalue weighted by Crippen LogP contribution is 2.26. The van der Waals surface area contributed by atoms with Gasteiger partial charge < -0.3 is 14.8 Å². The summed E-state index contributed by atoms with van der Waals surface area (Å²) in [6.07, 6.45) is 1.41. The van der Waals surface area contributed by atoms with Crippen LogP contribution in [0.3, 0.4) is 0 Å². The molecule has 7 nitrogen and oxygen atoms in total. The molecular weight excluding hydrogens is 353 g/mol. The number of nitrogens with one attached hydrogen (secondary N) is 2. The summed E-state index contributed by atoms with van der Waals surface area (Å²) in [6.45, 7) is 0. The summed E-state index contributed by atoms with van der Waals surface area (Å²) >= 11 is 0. The maximum absolute atomic E-state index is 12.8. The van der Waals surface area contributed by atoms with Gasteiger partial charge in [0.05, 0.1) is 20.4 Å². The molecule has 0 aliphatic rings. The molecular formula is C19H20FN3O4. The number of anilines is 1. The Morgan fingerprint density at radius 3 is 2.33 bits per heavy atom. The van der Waals surface area contributed by atoms with Gasteiger partial charge in [0, 0.05) is 18.5 Å². The van der Waals surface area contributed by atoms with E-state index >= 15 is 0 Å². The Morgan fingerprint density at radius 1 is 1.00 bits per heavy atom. The van der Waals surface area contributed by atoms with Gasteiger partial charge in [0.1, 0.15) is 5.82 Å². The van der Waals surface area contributed by atoms with Crippen LogP contribution >= 0.6 is 0 Å². The predicted molar refractivity (Wildman–Crippen MR) is 99.5 cm³/mol. The van der Waals surface area contributed by atoms with Crippen molar-refractivity contribution in [2.75, 3.05) is 19.5 Å². The lowest BCUT2D eigenvalue weighted by molar-refractivity contribution is -0.124. The Labute approximate surface area is 156 Å². The minimum atomic E-state index is -0.402. The molecule has 0 aliphatic heterocycles. The molecule has 0 saturated heterocycles. The molecule has 2 rings (SSSR count). The van der Waals surface area contributed by atoms with Crippen molar-refractivity contribution in [2.24, 2.45) is 5.10 Å². The van der Waals surface area contributed by atoms with Crippen LogP contribution in [0.1, 0.15) is 18.4 Å². The normalized spacial score (nSPS) is 10.5. The van der Waals surface area contributed by atoms with Gasteiger partial charge in [-0.3, -0.25) is 9.59 Å². The zero-order valence-corrected chi connectivity index (χ0v) is 15.0. The van der Waals surface area contributed by atoms with Crippen molar-refractivity contribution in [3.05, 3.63) is 53.8 Å². The highest BCUT2D eigenvalue weighted by Gasteiger charge is 2.07. The van der Waals surface area contributed by atoms with Crippen molar-refractivity contribution in [3.63, 3.8) is 0 Å². The van der Waals surface area contributed by atoms with E-state index in [1.54, 1.807) is 18.2 Å². The van der Waals surface area contributed by atoms with Crippen LogP contribution in [0.25, 0.3) is 0 Å². The number of ether oxygens (including phenoxy) is 2. The van der Waals surface area contributed by atoms with Crippen molar-refractivity contribution in [2.45, 2.75) is 12.8 Å². The monoisotopic (exact) mass is 373 g/mol. The molecule has 27 heavy (non-hydrogen) atoms. The summed E-state index contributed by atoms with van der Waals surface area (Å²) in [4.78, 5) is 23.5. The summed E-state index contributed by atoms with van der Waals surface area (Å²) in [7, 11) is 3.07. The lowest BCUT2D eigenvalue weighted by atomic mass is 10.2. The molecule has 0 radical (unpaired) electrons. The molecule has 2 aromatic carbocycles. The first kappa shape index (κ1) is 19.9. The molecule has 0 fully saturated rings. The number of hydrogen-bond donors (Lipinski definition) is 2. The maximum Gasteiger partial charge on any atom is 0.240 e. The quantitative estimate of drug-likeness (QED) is 0.550. The van der Waals surface area contributed by atoms with E-state index < -0.39 is 5.91 Å². The van der Waals surface area contributed by atoms with E-state index in [2.05, 4.69) is 15.8 Å².